The molecule has 5 nitrogen and oxygen atoms in total. The van der Waals surface area contributed by atoms with Gasteiger partial charge < -0.3 is 20.6 Å². The first kappa shape index (κ1) is 53.9. The average Bonchev–Trinajstić information content (AvgIpc) is 3.11. The Morgan fingerprint density at radius 3 is 0.818 bits per heavy atom. The van der Waals surface area contributed by atoms with Crippen LogP contribution in [-0.2, 0) is 20.6 Å². The Morgan fingerprint density at radius 2 is 0.491 bits per heavy atom. The Morgan fingerprint density at radius 1 is 0.236 bits per heavy atom. The van der Waals surface area contributed by atoms with E-state index in [1.807, 2.05) is 0 Å². The summed E-state index contributed by atoms with van der Waals surface area (Å²) >= 11 is 0. The molecule has 1 rings (SSSR count). The molecule has 0 saturated carbocycles. The molecule has 0 amide bonds. The highest BCUT2D eigenvalue weighted by atomic mass is 28.5. The molecule has 330 valence electrons. The quantitative estimate of drug-likeness (QED) is 0.0469. The lowest BCUT2D eigenvalue weighted by Gasteiger charge is -2.51. The molecule has 1 aliphatic heterocycles. The van der Waals surface area contributed by atoms with Gasteiger partial charge in [0.05, 0.1) is 0 Å². The van der Waals surface area contributed by atoms with E-state index in [0.29, 0.717) is 0 Å². The largest absolute Gasteiger partial charge is 0.416 e. The smallest absolute Gasteiger partial charge is 0.320 e. The first-order valence-electron chi connectivity index (χ1n) is 24.8. The highest BCUT2D eigenvalue weighted by molar-refractivity contribution is 6.94. The lowest BCUT2D eigenvalue weighted by Crippen LogP contribution is -2.67. The number of unbranched alkanes of at least 4 members (excludes halogenated alkanes) is 25. The van der Waals surface area contributed by atoms with Crippen molar-refractivity contribution in [2.24, 2.45) is 0 Å². The molecule has 10 heteroatoms. The highest BCUT2D eigenvalue weighted by Crippen LogP contribution is 2.42. The minimum Gasteiger partial charge on any atom is -0.416 e. The molecule has 1 heterocycles. The maximum atomic E-state index is 8.23. The third-order valence-corrected chi connectivity index (χ3v) is 34.8. The van der Waals surface area contributed by atoms with E-state index in [1.165, 1.54) is 193 Å². The second-order valence-electron chi connectivity index (χ2n) is 18.9. The van der Waals surface area contributed by atoms with Gasteiger partial charge in [0.1, 0.15) is 0 Å². The van der Waals surface area contributed by atoms with Crippen molar-refractivity contribution < 1.29 is 20.6 Å². The monoisotopic (exact) mass is 861 g/mol. The van der Waals surface area contributed by atoms with E-state index < -0.39 is 42.8 Å². The van der Waals surface area contributed by atoms with Crippen molar-refractivity contribution in [2.75, 3.05) is 0 Å². The zero-order valence-corrected chi connectivity index (χ0v) is 44.3. The number of rotatable bonds is 35. The molecule has 0 bridgehead atoms. The van der Waals surface area contributed by atoms with Crippen LogP contribution in [0.3, 0.4) is 0 Å². The summed E-state index contributed by atoms with van der Waals surface area (Å²) in [5.74, 6) is 0. The maximum absolute atomic E-state index is 8.23. The molecule has 0 aromatic carbocycles. The summed E-state index contributed by atoms with van der Waals surface area (Å²) in [7, 11) is -13.2. The fraction of sp³-hybridized carbons (Fsp3) is 1.00. The van der Waals surface area contributed by atoms with Crippen molar-refractivity contribution in [3.63, 3.8) is 0 Å². The van der Waals surface area contributed by atoms with Gasteiger partial charge in [-0.15, -0.1) is 0 Å². The SMILES string of the molecule is CCCCCCCC[Si]1(C)O[Si](C)(C)O[Si](C)(C)O[Si](CCCCCCCC)(CCCCCCCC)O[Si](CCCCCCCC)(CCCCCCCC)O1. The molecule has 0 radical (unpaired) electrons. The first-order chi connectivity index (χ1) is 26.3. The summed E-state index contributed by atoms with van der Waals surface area (Å²) in [5.41, 5.74) is 0. The van der Waals surface area contributed by atoms with Crippen molar-refractivity contribution in [2.45, 2.75) is 290 Å². The second kappa shape index (κ2) is 31.7. The fourth-order valence-corrected chi connectivity index (χ4v) is 38.8. The van der Waals surface area contributed by atoms with Crippen LogP contribution in [0.15, 0.2) is 0 Å². The molecular formula is C45H100O5Si5. The average molecular weight is 862 g/mol. The van der Waals surface area contributed by atoms with Crippen molar-refractivity contribution in [3.8, 4) is 0 Å². The van der Waals surface area contributed by atoms with E-state index in [0.717, 1.165) is 30.2 Å². The zero-order chi connectivity index (χ0) is 40.8. The summed E-state index contributed by atoms with van der Waals surface area (Å²) < 4.78 is 38.6. The van der Waals surface area contributed by atoms with Gasteiger partial charge in [0, 0.05) is 0 Å². The summed E-state index contributed by atoms with van der Waals surface area (Å²) in [5, 5.41) is 0. The van der Waals surface area contributed by atoms with E-state index in [4.69, 9.17) is 20.6 Å². The summed E-state index contributed by atoms with van der Waals surface area (Å²) in [6, 6.07) is 5.52. The summed E-state index contributed by atoms with van der Waals surface area (Å²) in [6.45, 7) is 23.3. The molecule has 1 unspecified atom stereocenters. The Balaban J connectivity index is 3.74. The Bertz CT molecular complexity index is 862. The van der Waals surface area contributed by atoms with Crippen LogP contribution >= 0.6 is 0 Å². The first-order valence-corrected chi connectivity index (χ1v) is 37.5. The number of hydrogen-bond donors (Lipinski definition) is 0. The molecule has 55 heavy (non-hydrogen) atoms. The van der Waals surface area contributed by atoms with E-state index in [-0.39, 0.29) is 0 Å². The molecule has 1 atom stereocenters. The van der Waals surface area contributed by atoms with Gasteiger partial charge in [-0.1, -0.05) is 227 Å². The standard InChI is InChI=1S/C45H100O5Si5/c1-11-16-21-26-31-36-41-53(10)47-51(6,7)46-52(8,9)48-54(42-37-32-27-22-17-12-2,43-38-33-28-23-18-13-3)50-55(49-53,44-39-34-29-24-19-14-4)45-40-35-30-25-20-15-5/h11-45H2,1-10H3. The molecule has 0 spiro atoms. The zero-order valence-electron chi connectivity index (χ0n) is 39.3. The third kappa shape index (κ3) is 26.7. The Hall–Kier alpha value is 0.884. The summed E-state index contributed by atoms with van der Waals surface area (Å²) in [6.07, 6.45) is 39.2. The second-order valence-corrected chi connectivity index (χ2v) is 36.9. The van der Waals surface area contributed by atoms with E-state index >= 15 is 0 Å². The van der Waals surface area contributed by atoms with Crippen molar-refractivity contribution in [1.29, 1.82) is 0 Å². The van der Waals surface area contributed by atoms with Crippen LogP contribution in [0, 0.1) is 0 Å². The van der Waals surface area contributed by atoms with Crippen LogP contribution in [0.1, 0.15) is 227 Å². The van der Waals surface area contributed by atoms with Gasteiger partial charge in [0.2, 0.25) is 0 Å². The van der Waals surface area contributed by atoms with Gasteiger partial charge in [-0.2, -0.15) is 0 Å². The van der Waals surface area contributed by atoms with Crippen LogP contribution in [0.2, 0.25) is 63.0 Å². The van der Waals surface area contributed by atoms with Crippen LogP contribution in [0.4, 0.5) is 0 Å². The molecule has 1 aliphatic rings. The van der Waals surface area contributed by atoms with Gasteiger partial charge in [-0.3, -0.25) is 0 Å². The van der Waals surface area contributed by atoms with Crippen LogP contribution in [-0.4, -0.2) is 42.8 Å². The predicted molar refractivity (Wildman–Crippen MR) is 254 cm³/mol. The van der Waals surface area contributed by atoms with Crippen molar-refractivity contribution >= 4 is 42.8 Å². The molecule has 1 saturated heterocycles. The Kier molecular flexibility index (Phi) is 31.1. The number of hydrogen-bond acceptors (Lipinski definition) is 5. The fourth-order valence-electron chi connectivity index (χ4n) is 9.08. The van der Waals surface area contributed by atoms with Gasteiger partial charge >= 0.3 is 42.8 Å². The lowest BCUT2D eigenvalue weighted by atomic mass is 10.1. The lowest BCUT2D eigenvalue weighted by molar-refractivity contribution is 0.219. The van der Waals surface area contributed by atoms with E-state index in [2.05, 4.69) is 67.4 Å². The minimum absolute atomic E-state index is 1.07. The van der Waals surface area contributed by atoms with E-state index in [9.17, 15) is 0 Å². The highest BCUT2D eigenvalue weighted by Gasteiger charge is 2.57. The third-order valence-electron chi connectivity index (χ3n) is 11.8. The molecule has 0 aliphatic carbocycles. The van der Waals surface area contributed by atoms with Gasteiger partial charge in [0.25, 0.3) is 0 Å². The van der Waals surface area contributed by atoms with Gasteiger partial charge in [-0.05, 0) is 63.0 Å². The van der Waals surface area contributed by atoms with Crippen molar-refractivity contribution in [1.82, 2.24) is 0 Å². The van der Waals surface area contributed by atoms with Crippen LogP contribution in [0.5, 0.6) is 0 Å². The molecule has 0 N–H and O–H groups in total. The van der Waals surface area contributed by atoms with Gasteiger partial charge in [-0.25, -0.2) is 0 Å². The van der Waals surface area contributed by atoms with Crippen molar-refractivity contribution in [3.05, 3.63) is 0 Å². The molecular weight excluding hydrogens is 761 g/mol. The van der Waals surface area contributed by atoms with Crippen LogP contribution in [0.25, 0.3) is 0 Å². The van der Waals surface area contributed by atoms with Gasteiger partial charge in [0.15, 0.2) is 0 Å². The maximum Gasteiger partial charge on any atom is 0.320 e. The summed E-state index contributed by atoms with van der Waals surface area (Å²) in [4.78, 5) is 0. The normalized spacial score (nSPS) is 20.8. The molecule has 0 aromatic heterocycles. The minimum atomic E-state index is -2.73. The predicted octanol–water partition coefficient (Wildman–Crippen LogP) is 17.2. The molecule has 0 aromatic rings. The van der Waals surface area contributed by atoms with E-state index in [1.54, 1.807) is 0 Å². The topological polar surface area (TPSA) is 46.2 Å². The van der Waals surface area contributed by atoms with Crippen LogP contribution < -0.4 is 0 Å². The Labute approximate surface area is 351 Å². The molecule has 1 fully saturated rings.